The molecule has 0 saturated carbocycles. The number of benzene rings is 2. The first-order valence-corrected chi connectivity index (χ1v) is 9.17. The standard InChI is InChI=1S/C17H18N4O2S/c1-2-24(22,23)21-17(19-15-11-7-4-8-12-15)13-16(20-21)18-14-9-5-3-6-10-14/h3-13,19H,2H2,1H3,(H,18,20). The number of para-hydroxylation sites is 2. The lowest BCUT2D eigenvalue weighted by Crippen LogP contribution is -2.18. The van der Waals surface area contributed by atoms with Crippen molar-refractivity contribution in [3.8, 4) is 0 Å². The maximum Gasteiger partial charge on any atom is 0.255 e. The Balaban J connectivity index is 1.96. The van der Waals surface area contributed by atoms with Crippen LogP contribution in [0.2, 0.25) is 0 Å². The van der Waals surface area contributed by atoms with Crippen LogP contribution in [0.1, 0.15) is 6.92 Å². The van der Waals surface area contributed by atoms with E-state index in [9.17, 15) is 8.42 Å². The number of anilines is 4. The molecule has 1 aromatic heterocycles. The van der Waals surface area contributed by atoms with Crippen LogP contribution in [0, 0.1) is 0 Å². The third-order valence-electron chi connectivity index (χ3n) is 3.40. The zero-order valence-corrected chi connectivity index (χ0v) is 14.0. The summed E-state index contributed by atoms with van der Waals surface area (Å²) >= 11 is 0. The SMILES string of the molecule is CCS(=O)(=O)n1nc(Nc2ccccc2)cc1Nc1ccccc1. The van der Waals surface area contributed by atoms with Gasteiger partial charge in [-0.05, 0) is 31.2 Å². The Kier molecular flexibility index (Phi) is 4.52. The van der Waals surface area contributed by atoms with Crippen molar-refractivity contribution in [2.24, 2.45) is 0 Å². The molecule has 0 aliphatic heterocycles. The molecular formula is C17H18N4O2S. The fourth-order valence-electron chi connectivity index (χ4n) is 2.18. The smallest absolute Gasteiger partial charge is 0.255 e. The molecule has 0 amide bonds. The molecule has 124 valence electrons. The van der Waals surface area contributed by atoms with E-state index in [2.05, 4.69) is 15.7 Å². The number of nitrogens with one attached hydrogen (secondary N) is 2. The number of rotatable bonds is 6. The van der Waals surface area contributed by atoms with E-state index >= 15 is 0 Å². The molecule has 6 nitrogen and oxygen atoms in total. The van der Waals surface area contributed by atoms with E-state index in [1.165, 1.54) is 0 Å². The fourth-order valence-corrected chi connectivity index (χ4v) is 3.04. The van der Waals surface area contributed by atoms with Gasteiger partial charge in [0.05, 0.1) is 5.75 Å². The second-order valence-corrected chi connectivity index (χ2v) is 7.23. The lowest BCUT2D eigenvalue weighted by atomic mass is 10.3. The van der Waals surface area contributed by atoms with Gasteiger partial charge in [0.1, 0.15) is 5.82 Å². The van der Waals surface area contributed by atoms with E-state index < -0.39 is 10.0 Å². The van der Waals surface area contributed by atoms with E-state index in [1.54, 1.807) is 13.0 Å². The largest absolute Gasteiger partial charge is 0.339 e. The van der Waals surface area contributed by atoms with Crippen molar-refractivity contribution < 1.29 is 8.42 Å². The highest BCUT2D eigenvalue weighted by Crippen LogP contribution is 2.24. The Morgan fingerprint density at radius 3 is 2.00 bits per heavy atom. The third kappa shape index (κ3) is 3.57. The number of hydrogen-bond acceptors (Lipinski definition) is 5. The van der Waals surface area contributed by atoms with Crippen molar-refractivity contribution in [1.82, 2.24) is 9.19 Å². The summed E-state index contributed by atoms with van der Waals surface area (Å²) in [5.74, 6) is 0.807. The topological polar surface area (TPSA) is 76.0 Å². The van der Waals surface area contributed by atoms with Crippen LogP contribution in [0.5, 0.6) is 0 Å². The van der Waals surface area contributed by atoms with E-state index in [4.69, 9.17) is 0 Å². The zero-order valence-electron chi connectivity index (χ0n) is 13.2. The molecule has 7 heteroatoms. The minimum Gasteiger partial charge on any atom is -0.339 e. The highest BCUT2D eigenvalue weighted by Gasteiger charge is 2.18. The van der Waals surface area contributed by atoms with E-state index in [1.807, 2.05) is 60.7 Å². The van der Waals surface area contributed by atoms with Crippen molar-refractivity contribution >= 4 is 33.0 Å². The molecule has 0 saturated heterocycles. The Labute approximate surface area is 141 Å². The van der Waals surface area contributed by atoms with Crippen LogP contribution in [0.3, 0.4) is 0 Å². The molecule has 24 heavy (non-hydrogen) atoms. The Morgan fingerprint density at radius 1 is 0.917 bits per heavy atom. The molecule has 0 spiro atoms. The van der Waals surface area contributed by atoms with Crippen LogP contribution >= 0.6 is 0 Å². The molecular weight excluding hydrogens is 324 g/mol. The second kappa shape index (κ2) is 6.76. The summed E-state index contributed by atoms with van der Waals surface area (Å²) in [5, 5.41) is 10.4. The zero-order chi connectivity index (χ0) is 17.0. The summed E-state index contributed by atoms with van der Waals surface area (Å²) < 4.78 is 25.7. The first kappa shape index (κ1) is 16.1. The van der Waals surface area contributed by atoms with Gasteiger partial charge >= 0.3 is 0 Å². The Hall–Kier alpha value is -2.80. The lowest BCUT2D eigenvalue weighted by molar-refractivity contribution is 0.582. The molecule has 1 heterocycles. The normalized spacial score (nSPS) is 11.2. The van der Waals surface area contributed by atoms with Crippen LogP contribution in [0.4, 0.5) is 23.0 Å². The second-order valence-electron chi connectivity index (χ2n) is 5.14. The highest BCUT2D eigenvalue weighted by molar-refractivity contribution is 7.89. The van der Waals surface area contributed by atoms with Gasteiger partial charge in [-0.2, -0.15) is 0 Å². The van der Waals surface area contributed by atoms with Crippen LogP contribution in [0.15, 0.2) is 66.7 Å². The molecule has 0 atom stereocenters. The predicted octanol–water partition coefficient (Wildman–Crippen LogP) is 3.57. The quantitative estimate of drug-likeness (QED) is 0.716. The minimum absolute atomic E-state index is 0.0388. The van der Waals surface area contributed by atoms with Crippen molar-refractivity contribution in [3.63, 3.8) is 0 Å². The minimum atomic E-state index is -3.52. The molecule has 0 aliphatic carbocycles. The van der Waals surface area contributed by atoms with Gasteiger partial charge in [0.25, 0.3) is 10.0 Å². The summed E-state index contributed by atoms with van der Waals surface area (Å²) in [7, 11) is -3.52. The van der Waals surface area contributed by atoms with Crippen molar-refractivity contribution in [2.75, 3.05) is 16.4 Å². The van der Waals surface area contributed by atoms with Crippen LogP contribution < -0.4 is 10.6 Å². The lowest BCUT2D eigenvalue weighted by Gasteiger charge is -2.08. The number of aromatic nitrogens is 2. The van der Waals surface area contributed by atoms with Crippen LogP contribution in [0.25, 0.3) is 0 Å². The highest BCUT2D eigenvalue weighted by atomic mass is 32.2. The Bertz CT molecular complexity index is 906. The van der Waals surface area contributed by atoms with Gasteiger partial charge < -0.3 is 10.6 Å². The van der Waals surface area contributed by atoms with Gasteiger partial charge in [-0.3, -0.25) is 0 Å². The molecule has 2 N–H and O–H groups in total. The Morgan fingerprint density at radius 2 is 1.46 bits per heavy atom. The summed E-state index contributed by atoms with van der Waals surface area (Å²) in [6.45, 7) is 1.59. The average molecular weight is 342 g/mol. The molecule has 0 fully saturated rings. The number of nitrogens with zero attached hydrogens (tertiary/aromatic N) is 2. The average Bonchev–Trinajstić information content (AvgIpc) is 3.00. The molecule has 2 aromatic carbocycles. The monoisotopic (exact) mass is 342 g/mol. The summed E-state index contributed by atoms with van der Waals surface area (Å²) in [5.41, 5.74) is 1.62. The molecule has 0 unspecified atom stereocenters. The van der Waals surface area contributed by atoms with Gasteiger partial charge in [-0.15, -0.1) is 9.19 Å². The first-order chi connectivity index (χ1) is 11.6. The van der Waals surface area contributed by atoms with E-state index in [0.717, 1.165) is 15.5 Å². The third-order valence-corrected chi connectivity index (χ3v) is 4.93. The maximum atomic E-state index is 12.3. The molecule has 0 aliphatic rings. The van der Waals surface area contributed by atoms with E-state index in [-0.39, 0.29) is 5.75 Å². The van der Waals surface area contributed by atoms with E-state index in [0.29, 0.717) is 11.6 Å². The van der Waals surface area contributed by atoms with Gasteiger partial charge in [-0.25, -0.2) is 8.42 Å². The van der Waals surface area contributed by atoms with Crippen molar-refractivity contribution in [3.05, 3.63) is 66.7 Å². The number of hydrogen-bond donors (Lipinski definition) is 2. The molecule has 3 aromatic rings. The van der Waals surface area contributed by atoms with Crippen molar-refractivity contribution in [2.45, 2.75) is 6.92 Å². The van der Waals surface area contributed by atoms with Gasteiger partial charge in [0.2, 0.25) is 0 Å². The molecule has 3 rings (SSSR count). The fraction of sp³-hybridized carbons (Fsp3) is 0.118. The van der Waals surface area contributed by atoms with Crippen LogP contribution in [-0.4, -0.2) is 23.4 Å². The summed E-state index contributed by atoms with van der Waals surface area (Å²) in [6, 6.07) is 20.5. The predicted molar refractivity (Wildman–Crippen MR) is 96.5 cm³/mol. The van der Waals surface area contributed by atoms with Crippen molar-refractivity contribution in [1.29, 1.82) is 0 Å². The van der Waals surface area contributed by atoms with Gasteiger partial charge in [0.15, 0.2) is 5.82 Å². The first-order valence-electron chi connectivity index (χ1n) is 7.56. The summed E-state index contributed by atoms with van der Waals surface area (Å²) in [6.07, 6.45) is 0. The maximum absolute atomic E-state index is 12.3. The molecule has 0 bridgehead atoms. The summed E-state index contributed by atoms with van der Waals surface area (Å²) in [4.78, 5) is 0. The van der Waals surface area contributed by atoms with Gasteiger partial charge in [-0.1, -0.05) is 36.4 Å². The van der Waals surface area contributed by atoms with Gasteiger partial charge in [0, 0.05) is 17.4 Å². The van der Waals surface area contributed by atoms with Crippen LogP contribution in [-0.2, 0) is 10.0 Å². The molecule has 0 radical (unpaired) electrons.